The number of nitrogens with one attached hydrogen (secondary N) is 1. The molecule has 5 aromatic rings. The third-order valence-corrected chi connectivity index (χ3v) is 5.78. The van der Waals surface area contributed by atoms with Gasteiger partial charge in [-0.25, -0.2) is 14.6 Å². The van der Waals surface area contributed by atoms with Crippen molar-refractivity contribution in [1.82, 2.24) is 29.5 Å². The predicted molar refractivity (Wildman–Crippen MR) is 134 cm³/mol. The van der Waals surface area contributed by atoms with Crippen LogP contribution in [0.4, 0.5) is 5.82 Å². The minimum Gasteiger partial charge on any atom is -0.494 e. The van der Waals surface area contributed by atoms with E-state index in [4.69, 9.17) is 4.74 Å². The van der Waals surface area contributed by atoms with Gasteiger partial charge in [0.1, 0.15) is 17.9 Å². The van der Waals surface area contributed by atoms with Crippen LogP contribution < -0.4 is 10.1 Å². The molecular formula is C26H25N7O2. The van der Waals surface area contributed by atoms with Gasteiger partial charge in [0, 0.05) is 11.6 Å². The third-order valence-electron chi connectivity index (χ3n) is 5.78. The molecule has 3 aromatic heterocycles. The highest BCUT2D eigenvalue weighted by Crippen LogP contribution is 2.25. The molecule has 9 heteroatoms. The number of aromatic nitrogens is 6. The first-order valence-corrected chi connectivity index (χ1v) is 11.3. The second-order valence-electron chi connectivity index (χ2n) is 8.25. The third kappa shape index (κ3) is 4.23. The van der Waals surface area contributed by atoms with Gasteiger partial charge in [0.2, 0.25) is 0 Å². The summed E-state index contributed by atoms with van der Waals surface area (Å²) >= 11 is 0. The molecule has 0 radical (unpaired) electrons. The molecule has 2 aromatic carbocycles. The zero-order chi connectivity index (χ0) is 24.5. The molecule has 0 aliphatic carbocycles. The summed E-state index contributed by atoms with van der Waals surface area (Å²) in [5, 5.41) is 12.8. The molecule has 0 atom stereocenters. The van der Waals surface area contributed by atoms with Crippen molar-refractivity contribution in [3.05, 3.63) is 83.4 Å². The Morgan fingerprint density at radius 1 is 0.971 bits per heavy atom. The number of amides is 1. The number of rotatable bonds is 6. The minimum atomic E-state index is -0.259. The van der Waals surface area contributed by atoms with Crippen LogP contribution in [0, 0.1) is 20.8 Å². The van der Waals surface area contributed by atoms with Crippen molar-refractivity contribution in [2.45, 2.75) is 27.7 Å². The lowest BCUT2D eigenvalue weighted by Crippen LogP contribution is -2.15. The number of benzene rings is 2. The van der Waals surface area contributed by atoms with Gasteiger partial charge >= 0.3 is 0 Å². The molecule has 0 fully saturated rings. The van der Waals surface area contributed by atoms with E-state index in [1.807, 2.05) is 19.9 Å². The van der Waals surface area contributed by atoms with Crippen molar-refractivity contribution in [1.29, 1.82) is 0 Å². The van der Waals surface area contributed by atoms with Crippen LogP contribution in [0.15, 0.2) is 61.1 Å². The lowest BCUT2D eigenvalue weighted by Gasteiger charge is -2.10. The second kappa shape index (κ2) is 9.02. The van der Waals surface area contributed by atoms with Crippen LogP contribution >= 0.6 is 0 Å². The standard InChI is InChI=1S/C26H25N7O2/c1-5-35-21-10-7-19(8-11-21)26(34)30-23-13-18(4)31-33(23)25-22-14-29-32(24(22)27-15-28-25)20-9-6-16(2)17(3)12-20/h6-15H,5H2,1-4H3,(H,30,34). The summed E-state index contributed by atoms with van der Waals surface area (Å²) in [5.41, 5.74) is 5.18. The van der Waals surface area contributed by atoms with E-state index in [-0.39, 0.29) is 5.91 Å². The average Bonchev–Trinajstić information content (AvgIpc) is 3.44. The lowest BCUT2D eigenvalue weighted by molar-refractivity contribution is 0.102. The van der Waals surface area contributed by atoms with E-state index in [1.165, 1.54) is 17.5 Å². The molecule has 1 amide bonds. The Labute approximate surface area is 202 Å². The van der Waals surface area contributed by atoms with Gasteiger partial charge in [-0.1, -0.05) is 6.07 Å². The molecule has 0 spiro atoms. The summed E-state index contributed by atoms with van der Waals surface area (Å²) in [4.78, 5) is 21.9. The number of nitrogens with zero attached hydrogens (tertiary/aromatic N) is 6. The quantitative estimate of drug-likeness (QED) is 0.392. The molecule has 176 valence electrons. The maximum Gasteiger partial charge on any atom is 0.256 e. The Bertz CT molecular complexity index is 1530. The number of carbonyl (C=O) groups is 1. The summed E-state index contributed by atoms with van der Waals surface area (Å²) < 4.78 is 8.85. The van der Waals surface area contributed by atoms with Gasteiger partial charge in [0.15, 0.2) is 11.5 Å². The molecule has 5 rings (SSSR count). The summed E-state index contributed by atoms with van der Waals surface area (Å²) in [6.45, 7) is 8.48. The average molecular weight is 468 g/mol. The summed E-state index contributed by atoms with van der Waals surface area (Å²) in [6.07, 6.45) is 3.20. The van der Waals surface area contributed by atoms with Crippen molar-refractivity contribution >= 4 is 22.8 Å². The molecule has 0 aliphatic heterocycles. The van der Waals surface area contributed by atoms with Crippen LogP contribution in [0.25, 0.3) is 22.5 Å². The number of ether oxygens (including phenoxy) is 1. The number of hydrogen-bond acceptors (Lipinski definition) is 6. The first kappa shape index (κ1) is 22.3. The fraction of sp³-hybridized carbons (Fsp3) is 0.192. The van der Waals surface area contributed by atoms with Crippen molar-refractivity contribution in [2.75, 3.05) is 11.9 Å². The van der Waals surface area contributed by atoms with E-state index < -0.39 is 0 Å². The summed E-state index contributed by atoms with van der Waals surface area (Å²) in [5.74, 6) is 1.49. The van der Waals surface area contributed by atoms with Gasteiger partial charge in [0.25, 0.3) is 5.91 Å². The van der Waals surface area contributed by atoms with Crippen LogP contribution in [-0.2, 0) is 0 Å². The Morgan fingerprint density at radius 2 is 1.77 bits per heavy atom. The summed E-state index contributed by atoms with van der Waals surface area (Å²) in [6, 6.07) is 14.9. The first-order chi connectivity index (χ1) is 16.9. The van der Waals surface area contributed by atoms with Gasteiger partial charge in [-0.15, -0.1) is 0 Å². The zero-order valence-corrected chi connectivity index (χ0v) is 20.0. The molecule has 0 unspecified atom stereocenters. The number of carbonyl (C=O) groups excluding carboxylic acids is 1. The van der Waals surface area contributed by atoms with Gasteiger partial charge in [-0.05, 0) is 75.2 Å². The Kier molecular flexibility index (Phi) is 5.74. The SMILES string of the molecule is CCOc1ccc(C(=O)Nc2cc(C)nn2-c2ncnc3c2cnn3-c2ccc(C)c(C)c2)cc1. The molecule has 0 bridgehead atoms. The largest absolute Gasteiger partial charge is 0.494 e. The molecule has 0 saturated carbocycles. The molecule has 0 saturated heterocycles. The van der Waals surface area contributed by atoms with Gasteiger partial charge in [-0.2, -0.15) is 14.9 Å². The fourth-order valence-corrected chi connectivity index (χ4v) is 3.85. The van der Waals surface area contributed by atoms with E-state index in [0.717, 1.165) is 11.4 Å². The number of fused-ring (bicyclic) bond motifs is 1. The van der Waals surface area contributed by atoms with Crippen molar-refractivity contribution in [3.63, 3.8) is 0 Å². The van der Waals surface area contributed by atoms with Crippen LogP contribution in [0.5, 0.6) is 5.75 Å². The van der Waals surface area contributed by atoms with Crippen molar-refractivity contribution in [3.8, 4) is 17.3 Å². The molecule has 9 nitrogen and oxygen atoms in total. The normalized spacial score (nSPS) is 11.1. The molecule has 1 N–H and O–H groups in total. The second-order valence-corrected chi connectivity index (χ2v) is 8.25. The van der Waals surface area contributed by atoms with Crippen molar-refractivity contribution in [2.24, 2.45) is 0 Å². The maximum absolute atomic E-state index is 12.9. The van der Waals surface area contributed by atoms with Crippen LogP contribution in [0.3, 0.4) is 0 Å². The monoisotopic (exact) mass is 467 g/mol. The van der Waals surface area contributed by atoms with E-state index in [1.54, 1.807) is 45.9 Å². The number of anilines is 1. The van der Waals surface area contributed by atoms with E-state index in [0.29, 0.717) is 40.6 Å². The molecular weight excluding hydrogens is 442 g/mol. The minimum absolute atomic E-state index is 0.259. The Balaban J connectivity index is 1.51. The highest BCUT2D eigenvalue weighted by molar-refractivity contribution is 6.04. The summed E-state index contributed by atoms with van der Waals surface area (Å²) in [7, 11) is 0. The maximum atomic E-state index is 12.9. The fourth-order valence-electron chi connectivity index (χ4n) is 3.85. The predicted octanol–water partition coefficient (Wildman–Crippen LogP) is 4.58. The van der Waals surface area contributed by atoms with Crippen LogP contribution in [0.1, 0.15) is 34.1 Å². The van der Waals surface area contributed by atoms with Gasteiger partial charge in [0.05, 0.1) is 29.6 Å². The smallest absolute Gasteiger partial charge is 0.256 e. The van der Waals surface area contributed by atoms with Crippen LogP contribution in [0.2, 0.25) is 0 Å². The molecule has 35 heavy (non-hydrogen) atoms. The topological polar surface area (TPSA) is 99.8 Å². The van der Waals surface area contributed by atoms with E-state index in [9.17, 15) is 4.79 Å². The van der Waals surface area contributed by atoms with E-state index >= 15 is 0 Å². The number of aryl methyl sites for hydroxylation is 3. The molecule has 0 aliphatic rings. The zero-order valence-electron chi connectivity index (χ0n) is 20.0. The lowest BCUT2D eigenvalue weighted by atomic mass is 10.1. The van der Waals surface area contributed by atoms with Gasteiger partial charge < -0.3 is 10.1 Å². The van der Waals surface area contributed by atoms with Gasteiger partial charge in [-0.3, -0.25) is 4.79 Å². The first-order valence-electron chi connectivity index (χ1n) is 11.3. The number of hydrogen-bond donors (Lipinski definition) is 1. The highest BCUT2D eigenvalue weighted by Gasteiger charge is 2.18. The Hall–Kier alpha value is -4.53. The van der Waals surface area contributed by atoms with Crippen LogP contribution in [-0.4, -0.2) is 42.0 Å². The van der Waals surface area contributed by atoms with Crippen molar-refractivity contribution < 1.29 is 9.53 Å². The molecule has 3 heterocycles. The Morgan fingerprint density at radius 3 is 2.51 bits per heavy atom. The highest BCUT2D eigenvalue weighted by atomic mass is 16.5. The van der Waals surface area contributed by atoms with E-state index in [2.05, 4.69) is 51.5 Å².